The number of carbonyl (C=O) groups excluding carboxylic acids is 1. The normalized spacial score (nSPS) is 10.9. The quantitative estimate of drug-likeness (QED) is 0.746. The number of H-pyrrole nitrogens is 1. The van der Waals surface area contributed by atoms with E-state index in [1.807, 2.05) is 0 Å². The molecule has 0 aliphatic rings. The summed E-state index contributed by atoms with van der Waals surface area (Å²) in [4.78, 5) is 31.2. The number of ether oxygens (including phenoxy) is 1. The predicted octanol–water partition coefficient (Wildman–Crippen LogP) is 2.89. The van der Waals surface area contributed by atoms with Crippen molar-refractivity contribution in [2.45, 2.75) is 13.3 Å². The molecule has 1 aromatic carbocycles. The number of nitrogens with zero attached hydrogens (tertiary/aromatic N) is 1. The van der Waals surface area contributed by atoms with Crippen LogP contribution in [0.25, 0.3) is 10.2 Å². The van der Waals surface area contributed by atoms with Crippen LogP contribution in [0.5, 0.6) is 0 Å². The highest BCUT2D eigenvalue weighted by Crippen LogP contribution is 2.22. The minimum Gasteiger partial charge on any atom is -0.462 e. The third-order valence-electron chi connectivity index (χ3n) is 3.17. The summed E-state index contributed by atoms with van der Waals surface area (Å²) in [5.41, 5.74) is 0.823. The molecule has 7 heteroatoms. The van der Waals surface area contributed by atoms with Gasteiger partial charge in [-0.1, -0.05) is 12.1 Å². The number of rotatable bonds is 4. The molecule has 3 rings (SSSR count). The first-order chi connectivity index (χ1) is 11.1. The van der Waals surface area contributed by atoms with E-state index in [0.717, 1.165) is 11.3 Å². The Hall–Kier alpha value is -2.54. The van der Waals surface area contributed by atoms with Crippen molar-refractivity contribution in [2.75, 3.05) is 6.61 Å². The molecule has 0 radical (unpaired) electrons. The molecule has 0 aliphatic heterocycles. The van der Waals surface area contributed by atoms with Crippen molar-refractivity contribution in [2.24, 2.45) is 0 Å². The van der Waals surface area contributed by atoms with E-state index in [4.69, 9.17) is 4.74 Å². The summed E-state index contributed by atoms with van der Waals surface area (Å²) >= 11 is 1.05. The fraction of sp³-hybridized carbons (Fsp3) is 0.188. The number of halogens is 1. The molecule has 0 saturated carbocycles. The Morgan fingerprint density at radius 1 is 1.39 bits per heavy atom. The van der Waals surface area contributed by atoms with Crippen molar-refractivity contribution in [3.8, 4) is 0 Å². The summed E-state index contributed by atoms with van der Waals surface area (Å²) < 4.78 is 18.5. The number of thiophene rings is 1. The predicted molar refractivity (Wildman–Crippen MR) is 85.4 cm³/mol. The van der Waals surface area contributed by atoms with Crippen LogP contribution in [0, 0.1) is 5.82 Å². The van der Waals surface area contributed by atoms with E-state index >= 15 is 0 Å². The maximum absolute atomic E-state index is 13.2. The molecule has 0 fully saturated rings. The highest BCUT2D eigenvalue weighted by molar-refractivity contribution is 7.20. The van der Waals surface area contributed by atoms with Gasteiger partial charge in [0.1, 0.15) is 21.2 Å². The van der Waals surface area contributed by atoms with E-state index < -0.39 is 5.97 Å². The van der Waals surface area contributed by atoms with Crippen molar-refractivity contribution >= 4 is 27.5 Å². The molecule has 0 bridgehead atoms. The second kappa shape index (κ2) is 6.29. The summed E-state index contributed by atoms with van der Waals surface area (Å²) in [5.74, 6) is -0.394. The van der Waals surface area contributed by atoms with Crippen LogP contribution in [-0.2, 0) is 11.2 Å². The molecule has 1 N–H and O–H groups in total. The number of fused-ring (bicyclic) bond motifs is 1. The van der Waals surface area contributed by atoms with Gasteiger partial charge in [-0.05, 0) is 30.7 Å². The highest BCUT2D eigenvalue weighted by Gasteiger charge is 2.15. The first kappa shape index (κ1) is 15.4. The molecule has 0 saturated heterocycles. The Labute approximate surface area is 134 Å². The summed E-state index contributed by atoms with van der Waals surface area (Å²) in [7, 11) is 0. The highest BCUT2D eigenvalue weighted by atomic mass is 32.1. The van der Waals surface area contributed by atoms with Gasteiger partial charge in [-0.15, -0.1) is 11.3 Å². The lowest BCUT2D eigenvalue weighted by Gasteiger charge is -2.01. The van der Waals surface area contributed by atoms with Crippen LogP contribution in [0.4, 0.5) is 4.39 Å². The number of benzene rings is 1. The van der Waals surface area contributed by atoms with Gasteiger partial charge >= 0.3 is 5.97 Å². The standard InChI is InChI=1S/C16H13FN2O3S/c1-2-22-16(21)12-8-11-14(23-12)15(20)19-13(18-11)7-9-4-3-5-10(17)6-9/h3-6,8H,2,7H2,1H3,(H,18,19,20). The maximum Gasteiger partial charge on any atom is 0.348 e. The SMILES string of the molecule is CCOC(=O)c1cc2nc(Cc3cccc(F)c3)[nH]c(=O)c2s1. The zero-order valence-corrected chi connectivity index (χ0v) is 13.1. The van der Waals surface area contributed by atoms with E-state index in [1.54, 1.807) is 25.1 Å². The van der Waals surface area contributed by atoms with E-state index in [-0.39, 0.29) is 18.0 Å². The first-order valence-corrected chi connectivity index (χ1v) is 7.82. The maximum atomic E-state index is 13.2. The van der Waals surface area contributed by atoms with Crippen LogP contribution in [0.15, 0.2) is 35.1 Å². The lowest BCUT2D eigenvalue weighted by molar-refractivity contribution is 0.0532. The summed E-state index contributed by atoms with van der Waals surface area (Å²) in [6.07, 6.45) is 0.299. The van der Waals surface area contributed by atoms with E-state index in [0.29, 0.717) is 32.9 Å². The van der Waals surface area contributed by atoms with Gasteiger partial charge < -0.3 is 9.72 Å². The van der Waals surface area contributed by atoms with Gasteiger partial charge in [0.2, 0.25) is 0 Å². The Kier molecular flexibility index (Phi) is 4.20. The van der Waals surface area contributed by atoms with Gasteiger partial charge in [-0.3, -0.25) is 4.79 Å². The topological polar surface area (TPSA) is 72.0 Å². The number of esters is 1. The number of aromatic amines is 1. The molecule has 2 aromatic heterocycles. The third kappa shape index (κ3) is 3.29. The molecule has 2 heterocycles. The molecule has 0 spiro atoms. The van der Waals surface area contributed by atoms with Crippen molar-refractivity contribution in [3.05, 3.63) is 62.8 Å². The van der Waals surface area contributed by atoms with Gasteiger partial charge in [0, 0.05) is 6.42 Å². The fourth-order valence-corrected chi connectivity index (χ4v) is 3.10. The monoisotopic (exact) mass is 332 g/mol. The number of nitrogens with one attached hydrogen (secondary N) is 1. The average molecular weight is 332 g/mol. The van der Waals surface area contributed by atoms with Gasteiger partial charge in [-0.2, -0.15) is 0 Å². The number of hydrogen-bond acceptors (Lipinski definition) is 5. The Morgan fingerprint density at radius 2 is 2.22 bits per heavy atom. The summed E-state index contributed by atoms with van der Waals surface area (Å²) in [6, 6.07) is 7.65. The number of carbonyl (C=O) groups is 1. The van der Waals surface area contributed by atoms with Crippen LogP contribution in [0.1, 0.15) is 28.0 Å². The first-order valence-electron chi connectivity index (χ1n) is 7.01. The Balaban J connectivity index is 1.97. The van der Waals surface area contributed by atoms with Crippen LogP contribution < -0.4 is 5.56 Å². The molecule has 3 aromatic rings. The lowest BCUT2D eigenvalue weighted by atomic mass is 10.1. The molecule has 0 atom stereocenters. The van der Waals surface area contributed by atoms with Crippen molar-refractivity contribution in [1.29, 1.82) is 0 Å². The lowest BCUT2D eigenvalue weighted by Crippen LogP contribution is -2.10. The van der Waals surface area contributed by atoms with Crippen molar-refractivity contribution < 1.29 is 13.9 Å². The Morgan fingerprint density at radius 3 is 2.96 bits per heavy atom. The third-order valence-corrected chi connectivity index (χ3v) is 4.27. The van der Waals surface area contributed by atoms with E-state index in [9.17, 15) is 14.0 Å². The molecule has 5 nitrogen and oxygen atoms in total. The van der Waals surface area contributed by atoms with Crippen LogP contribution in [0.3, 0.4) is 0 Å². The van der Waals surface area contributed by atoms with Gasteiger partial charge in [0.15, 0.2) is 0 Å². The number of hydrogen-bond donors (Lipinski definition) is 1. The number of aromatic nitrogens is 2. The van der Waals surface area contributed by atoms with Crippen molar-refractivity contribution in [1.82, 2.24) is 9.97 Å². The summed E-state index contributed by atoms with van der Waals surface area (Å²) in [5, 5.41) is 0. The Bertz CT molecular complexity index is 932. The van der Waals surface area contributed by atoms with Gasteiger partial charge in [-0.25, -0.2) is 14.2 Å². The molecule has 0 aliphatic carbocycles. The van der Waals surface area contributed by atoms with Crippen LogP contribution in [0.2, 0.25) is 0 Å². The van der Waals surface area contributed by atoms with E-state index in [2.05, 4.69) is 9.97 Å². The summed E-state index contributed by atoms with van der Waals surface area (Å²) in [6.45, 7) is 1.98. The minimum absolute atomic E-state index is 0.266. The van der Waals surface area contributed by atoms with E-state index in [1.165, 1.54) is 12.1 Å². The van der Waals surface area contributed by atoms with Crippen LogP contribution in [-0.4, -0.2) is 22.5 Å². The molecular formula is C16H13FN2O3S. The largest absolute Gasteiger partial charge is 0.462 e. The zero-order valence-electron chi connectivity index (χ0n) is 12.3. The second-order valence-corrected chi connectivity index (χ2v) is 5.92. The van der Waals surface area contributed by atoms with Gasteiger partial charge in [0.25, 0.3) is 5.56 Å². The fourth-order valence-electron chi connectivity index (χ4n) is 2.22. The average Bonchev–Trinajstić information content (AvgIpc) is 2.92. The molecule has 118 valence electrons. The molecule has 23 heavy (non-hydrogen) atoms. The molecule has 0 unspecified atom stereocenters. The smallest absolute Gasteiger partial charge is 0.348 e. The minimum atomic E-state index is -0.471. The van der Waals surface area contributed by atoms with Crippen molar-refractivity contribution in [3.63, 3.8) is 0 Å². The molecule has 0 amide bonds. The van der Waals surface area contributed by atoms with Gasteiger partial charge in [0.05, 0.1) is 12.1 Å². The zero-order chi connectivity index (χ0) is 16.4. The second-order valence-electron chi connectivity index (χ2n) is 4.86. The van der Waals surface area contributed by atoms with Crippen LogP contribution >= 0.6 is 11.3 Å². The molecular weight excluding hydrogens is 319 g/mol.